The van der Waals surface area contributed by atoms with E-state index < -0.39 is 15.9 Å². The Morgan fingerprint density at radius 1 is 1.29 bits per heavy atom. The van der Waals surface area contributed by atoms with Gasteiger partial charge < -0.3 is 4.74 Å². The van der Waals surface area contributed by atoms with Crippen LogP contribution in [0.5, 0.6) is 0 Å². The van der Waals surface area contributed by atoms with E-state index in [4.69, 9.17) is 8.92 Å². The van der Waals surface area contributed by atoms with Crippen molar-refractivity contribution in [3.8, 4) is 0 Å². The molecule has 4 rings (SSSR count). The molecular weight excluding hydrogens is 240 g/mol. The van der Waals surface area contributed by atoms with Gasteiger partial charge >= 0.3 is 0 Å². The molecule has 4 bridgehead atoms. The van der Waals surface area contributed by atoms with Crippen LogP contribution in [0.1, 0.15) is 32.1 Å². The fraction of sp³-hybridized carbons (Fsp3) is 0.833. The van der Waals surface area contributed by atoms with Crippen molar-refractivity contribution in [2.24, 2.45) is 11.8 Å². The molecule has 0 aromatic heterocycles. The summed E-state index contributed by atoms with van der Waals surface area (Å²) in [6.07, 6.45) is 7.43. The maximum absolute atomic E-state index is 11.4. The van der Waals surface area contributed by atoms with Crippen molar-refractivity contribution in [2.45, 2.75) is 43.5 Å². The van der Waals surface area contributed by atoms with Gasteiger partial charge in [-0.15, -0.1) is 6.58 Å². The maximum Gasteiger partial charge on any atom is 0.267 e. The highest BCUT2D eigenvalue weighted by Gasteiger charge is 2.59. The van der Waals surface area contributed by atoms with Crippen LogP contribution in [0.25, 0.3) is 0 Å². The van der Waals surface area contributed by atoms with Crippen LogP contribution < -0.4 is 0 Å². The molecule has 0 N–H and O–H groups in total. The third-order valence-corrected chi connectivity index (χ3v) is 4.81. The maximum atomic E-state index is 11.4. The third-order valence-electron chi connectivity index (χ3n) is 4.20. The molecule has 4 atom stereocenters. The van der Waals surface area contributed by atoms with E-state index in [2.05, 4.69) is 6.58 Å². The number of hydrogen-bond donors (Lipinski definition) is 0. The van der Waals surface area contributed by atoms with Crippen LogP contribution in [-0.4, -0.2) is 26.1 Å². The first kappa shape index (κ1) is 11.7. The van der Waals surface area contributed by atoms with Crippen LogP contribution in [-0.2, 0) is 19.0 Å². The van der Waals surface area contributed by atoms with E-state index in [1.54, 1.807) is 0 Å². The van der Waals surface area contributed by atoms with Gasteiger partial charge in [-0.1, -0.05) is 6.08 Å². The first-order valence-corrected chi connectivity index (χ1v) is 7.90. The van der Waals surface area contributed by atoms with Crippen molar-refractivity contribution < 1.29 is 17.3 Å². The van der Waals surface area contributed by atoms with Gasteiger partial charge in [-0.05, 0) is 31.1 Å². The minimum absolute atomic E-state index is 0.352. The highest BCUT2D eigenvalue weighted by atomic mass is 32.2. The Hall–Kier alpha value is -0.390. The van der Waals surface area contributed by atoms with Crippen molar-refractivity contribution in [3.05, 3.63) is 12.7 Å². The van der Waals surface area contributed by atoms with Gasteiger partial charge in [-0.3, -0.25) is 0 Å². The van der Waals surface area contributed by atoms with Gasteiger partial charge in [-0.2, -0.15) is 8.42 Å². The Morgan fingerprint density at radius 3 is 2.35 bits per heavy atom. The summed E-state index contributed by atoms with van der Waals surface area (Å²) in [5.74, 6) is 0.110. The highest BCUT2D eigenvalue weighted by Crippen LogP contribution is 2.58. The zero-order valence-electron chi connectivity index (χ0n) is 10.0. The lowest BCUT2D eigenvalue weighted by Crippen LogP contribution is -2.61. The van der Waals surface area contributed by atoms with Crippen molar-refractivity contribution in [2.75, 3.05) is 6.26 Å². The van der Waals surface area contributed by atoms with Crippen LogP contribution in [0.4, 0.5) is 0 Å². The summed E-state index contributed by atoms with van der Waals surface area (Å²) in [5, 5.41) is 0. The van der Waals surface area contributed by atoms with Crippen LogP contribution in [0.2, 0.25) is 0 Å². The number of ether oxygens (including phenoxy) is 1. The Labute approximate surface area is 102 Å². The first-order valence-electron chi connectivity index (χ1n) is 6.08. The molecule has 0 amide bonds. The Bertz CT molecular complexity index is 439. The van der Waals surface area contributed by atoms with Crippen LogP contribution in [0.15, 0.2) is 12.7 Å². The van der Waals surface area contributed by atoms with Gasteiger partial charge in [0, 0.05) is 12.8 Å². The van der Waals surface area contributed by atoms with Gasteiger partial charge in [0.1, 0.15) is 0 Å². The molecule has 0 radical (unpaired) electrons. The van der Waals surface area contributed by atoms with Crippen molar-refractivity contribution in [1.29, 1.82) is 0 Å². The van der Waals surface area contributed by atoms with Gasteiger partial charge in [0.25, 0.3) is 10.1 Å². The first-order chi connectivity index (χ1) is 7.84. The lowest BCUT2D eigenvalue weighted by molar-refractivity contribution is -0.327. The van der Waals surface area contributed by atoms with E-state index in [9.17, 15) is 8.42 Å². The number of hydrogen-bond acceptors (Lipinski definition) is 4. The minimum atomic E-state index is -3.48. The van der Waals surface area contributed by atoms with E-state index in [1.807, 2.05) is 6.08 Å². The summed E-state index contributed by atoms with van der Waals surface area (Å²) in [5.41, 5.74) is -0.352. The molecule has 4 fully saturated rings. The molecule has 2 heterocycles. The van der Waals surface area contributed by atoms with E-state index in [0.29, 0.717) is 24.7 Å². The summed E-state index contributed by atoms with van der Waals surface area (Å²) < 4.78 is 34.0. The van der Waals surface area contributed by atoms with E-state index in [0.717, 1.165) is 19.1 Å². The van der Waals surface area contributed by atoms with Gasteiger partial charge in [0.15, 0.2) is 5.79 Å². The van der Waals surface area contributed by atoms with Crippen molar-refractivity contribution >= 4 is 10.1 Å². The Morgan fingerprint density at radius 2 is 1.88 bits per heavy atom. The minimum Gasteiger partial charge on any atom is -0.338 e. The molecule has 17 heavy (non-hydrogen) atoms. The lowest BCUT2D eigenvalue weighted by Gasteiger charge is -2.59. The molecule has 2 aliphatic heterocycles. The molecule has 96 valence electrons. The quantitative estimate of drug-likeness (QED) is 0.572. The summed E-state index contributed by atoms with van der Waals surface area (Å²) in [6, 6.07) is 0. The fourth-order valence-electron chi connectivity index (χ4n) is 4.08. The molecule has 4 nitrogen and oxygen atoms in total. The second-order valence-electron chi connectivity index (χ2n) is 5.85. The monoisotopic (exact) mass is 258 g/mol. The van der Waals surface area contributed by atoms with E-state index in [-0.39, 0.29) is 5.60 Å². The summed E-state index contributed by atoms with van der Waals surface area (Å²) in [4.78, 5) is 0. The van der Waals surface area contributed by atoms with Crippen LogP contribution in [0.3, 0.4) is 0 Å². The van der Waals surface area contributed by atoms with Crippen molar-refractivity contribution in [3.63, 3.8) is 0 Å². The second-order valence-corrected chi connectivity index (χ2v) is 7.43. The molecule has 4 aliphatic rings. The average molecular weight is 258 g/mol. The lowest BCUT2D eigenvalue weighted by atomic mass is 9.61. The predicted octanol–water partition coefficient (Wildman–Crippen LogP) is 1.82. The molecule has 0 spiro atoms. The van der Waals surface area contributed by atoms with Crippen molar-refractivity contribution in [1.82, 2.24) is 0 Å². The standard InChI is InChI=1S/C12H18O4S/c1-3-11-5-9-4-10(6-11)8-12(7-9,15-11)16-17(2,13)14/h3,9-10H,1,4-8H2,2H3/t9-,10+,11?,12?. The second kappa shape index (κ2) is 3.33. The Balaban J connectivity index is 1.95. The fourth-order valence-corrected chi connectivity index (χ4v) is 4.80. The summed E-state index contributed by atoms with van der Waals surface area (Å²) in [6.45, 7) is 3.85. The zero-order valence-corrected chi connectivity index (χ0v) is 10.8. The van der Waals surface area contributed by atoms with Gasteiger partial charge in [-0.25, -0.2) is 4.18 Å². The SMILES string of the molecule is C=CC12C[C@H]3C[C@@H](C1)CC(OS(C)(=O)=O)(C3)O2. The molecule has 2 unspecified atom stereocenters. The smallest absolute Gasteiger partial charge is 0.267 e. The molecule has 0 aromatic rings. The molecular formula is C12H18O4S. The number of rotatable bonds is 3. The molecule has 2 saturated heterocycles. The summed E-state index contributed by atoms with van der Waals surface area (Å²) >= 11 is 0. The van der Waals surface area contributed by atoms with Crippen LogP contribution in [0, 0.1) is 11.8 Å². The molecule has 2 aliphatic carbocycles. The summed E-state index contributed by atoms with van der Waals surface area (Å²) in [7, 11) is -3.48. The highest BCUT2D eigenvalue weighted by molar-refractivity contribution is 7.86. The average Bonchev–Trinajstić information content (AvgIpc) is 2.11. The van der Waals surface area contributed by atoms with Crippen LogP contribution >= 0.6 is 0 Å². The molecule has 5 heteroatoms. The largest absolute Gasteiger partial charge is 0.338 e. The predicted molar refractivity (Wildman–Crippen MR) is 62.7 cm³/mol. The van der Waals surface area contributed by atoms with Gasteiger partial charge in [0.2, 0.25) is 0 Å². The zero-order chi connectivity index (χ0) is 12.3. The Kier molecular flexibility index (Phi) is 2.29. The third kappa shape index (κ3) is 1.94. The normalized spacial score (nSPS) is 48.3. The molecule has 2 saturated carbocycles. The molecule has 0 aromatic carbocycles. The topological polar surface area (TPSA) is 52.6 Å². The van der Waals surface area contributed by atoms with Gasteiger partial charge in [0.05, 0.1) is 11.9 Å². The van der Waals surface area contributed by atoms with E-state index in [1.165, 1.54) is 6.42 Å². The van der Waals surface area contributed by atoms with E-state index >= 15 is 0 Å².